The molecule has 0 unspecified atom stereocenters. The molecule has 3 aromatic rings. The average Bonchev–Trinajstić information content (AvgIpc) is 2.82. The van der Waals surface area contributed by atoms with Crippen LogP contribution >= 0.6 is 0 Å². The fraction of sp³-hybridized carbons (Fsp3) is 0.136. The van der Waals surface area contributed by atoms with E-state index in [9.17, 15) is 26.4 Å². The third kappa shape index (κ3) is 3.70. The highest BCUT2D eigenvalue weighted by molar-refractivity contribution is 7.93. The van der Waals surface area contributed by atoms with Gasteiger partial charge in [0.05, 0.1) is 30.3 Å². The van der Waals surface area contributed by atoms with E-state index in [2.05, 4.69) is 4.98 Å². The van der Waals surface area contributed by atoms with Gasteiger partial charge in [-0.25, -0.2) is 16.8 Å². The van der Waals surface area contributed by atoms with Gasteiger partial charge in [0.1, 0.15) is 5.69 Å². The van der Waals surface area contributed by atoms with E-state index in [-0.39, 0.29) is 43.9 Å². The molecule has 0 atom stereocenters. The summed E-state index contributed by atoms with van der Waals surface area (Å²) in [7, 11) is -5.76. The summed E-state index contributed by atoms with van der Waals surface area (Å²) < 4.78 is 62.2. The Labute approximate surface area is 195 Å². The number of carbonyl (C=O) groups excluding carboxylic acids is 2. The Morgan fingerprint density at radius 3 is 2.26 bits per heavy atom. The minimum Gasteiger partial charge on any atom is -0.481 e. The van der Waals surface area contributed by atoms with Crippen molar-refractivity contribution in [3.63, 3.8) is 0 Å². The molecule has 10 nitrogen and oxygen atoms in total. The summed E-state index contributed by atoms with van der Waals surface area (Å²) in [6, 6.07) is 11.8. The zero-order valence-electron chi connectivity index (χ0n) is 18.2. The van der Waals surface area contributed by atoms with Gasteiger partial charge >= 0.3 is 0 Å². The Morgan fingerprint density at radius 2 is 1.62 bits per heavy atom. The molecule has 1 amide bonds. The number of sulfone groups is 1. The molecule has 34 heavy (non-hydrogen) atoms. The molecule has 0 spiro atoms. The number of ketones is 1. The zero-order valence-corrected chi connectivity index (χ0v) is 19.8. The molecular formula is C22H18N2O8S2. The minimum absolute atomic E-state index is 0.0286. The van der Waals surface area contributed by atoms with E-state index < -0.39 is 31.6 Å². The number of aromatic nitrogens is 1. The highest BCUT2D eigenvalue weighted by Gasteiger charge is 2.37. The van der Waals surface area contributed by atoms with Crippen molar-refractivity contribution < 1.29 is 35.9 Å². The molecule has 0 radical (unpaired) electrons. The molecule has 176 valence electrons. The number of pyridine rings is 1. The maximum atomic E-state index is 13.4. The van der Waals surface area contributed by atoms with Crippen molar-refractivity contribution in [2.75, 3.05) is 24.8 Å². The molecule has 1 aliphatic heterocycles. The molecule has 0 saturated carbocycles. The normalized spacial score (nSPS) is 14.0. The number of hydrogen-bond acceptors (Lipinski definition) is 9. The van der Waals surface area contributed by atoms with Gasteiger partial charge in [0.15, 0.2) is 5.78 Å². The first-order chi connectivity index (χ1) is 16.0. The number of ether oxygens (including phenoxy) is 2. The molecule has 0 aliphatic carbocycles. The predicted octanol–water partition coefficient (Wildman–Crippen LogP) is 2.08. The first kappa shape index (κ1) is 23.4. The van der Waals surface area contributed by atoms with Crippen molar-refractivity contribution in [3.8, 4) is 11.8 Å². The average molecular weight is 503 g/mol. The molecule has 2 heterocycles. The smallest absolute Gasteiger partial charge is 0.272 e. The molecule has 0 N–H and O–H groups in total. The zero-order chi connectivity index (χ0) is 24.8. The van der Waals surface area contributed by atoms with Crippen molar-refractivity contribution in [1.82, 2.24) is 4.98 Å². The number of anilines is 1. The van der Waals surface area contributed by atoms with E-state index in [1.165, 1.54) is 56.7 Å². The summed E-state index contributed by atoms with van der Waals surface area (Å²) in [6.07, 6.45) is 0.809. The molecule has 12 heteroatoms. The Kier molecular flexibility index (Phi) is 5.66. The number of carbonyl (C=O) groups is 2. The minimum atomic E-state index is -4.22. The number of amides is 1. The number of sulfonamides is 1. The Balaban J connectivity index is 1.88. The van der Waals surface area contributed by atoms with E-state index in [0.717, 1.165) is 12.3 Å². The number of fused-ring (bicyclic) bond motifs is 2. The van der Waals surface area contributed by atoms with Crippen LogP contribution in [0.4, 0.5) is 5.69 Å². The van der Waals surface area contributed by atoms with Gasteiger partial charge in [-0.15, -0.1) is 0 Å². The van der Waals surface area contributed by atoms with E-state index in [1.807, 2.05) is 0 Å². The highest BCUT2D eigenvalue weighted by Crippen LogP contribution is 2.36. The van der Waals surface area contributed by atoms with E-state index in [4.69, 9.17) is 9.47 Å². The maximum Gasteiger partial charge on any atom is 0.272 e. The summed E-state index contributed by atoms with van der Waals surface area (Å²) in [5, 5.41) is 0. The van der Waals surface area contributed by atoms with Gasteiger partial charge in [-0.05, 0) is 36.4 Å². The van der Waals surface area contributed by atoms with Crippen molar-refractivity contribution in [3.05, 3.63) is 71.3 Å². The van der Waals surface area contributed by atoms with Gasteiger partial charge < -0.3 is 9.47 Å². The van der Waals surface area contributed by atoms with Crippen molar-refractivity contribution in [2.24, 2.45) is 0 Å². The van der Waals surface area contributed by atoms with E-state index >= 15 is 0 Å². The first-order valence-electron chi connectivity index (χ1n) is 9.67. The van der Waals surface area contributed by atoms with Gasteiger partial charge in [0.2, 0.25) is 31.6 Å². The lowest BCUT2D eigenvalue weighted by Gasteiger charge is -2.23. The second-order valence-corrected chi connectivity index (χ2v) is 11.0. The summed E-state index contributed by atoms with van der Waals surface area (Å²) in [6.45, 7) is 0. The Bertz CT molecular complexity index is 1560. The fourth-order valence-corrected chi connectivity index (χ4v) is 6.19. The number of rotatable bonds is 5. The van der Waals surface area contributed by atoms with Gasteiger partial charge in [0, 0.05) is 22.8 Å². The number of hydrogen-bond donors (Lipinski definition) is 0. The molecule has 0 saturated heterocycles. The standard InChI is InChI=1S/C22H18N2O8S2/c1-31-19-11-10-16(21(23-19)32-2)24(33(3,27)28)22(26)13-8-9-15-18(12-13)34(29,30)17-7-5-4-6-14(17)20(15)25/h4-12H,1-3H3. The Hall–Kier alpha value is -3.77. The lowest BCUT2D eigenvalue weighted by molar-refractivity contribution is 0.0999. The summed E-state index contributed by atoms with van der Waals surface area (Å²) >= 11 is 0. The van der Waals surface area contributed by atoms with Crippen LogP contribution in [-0.4, -0.2) is 54.0 Å². The topological polar surface area (TPSA) is 137 Å². The number of benzene rings is 2. The lowest BCUT2D eigenvalue weighted by atomic mass is 10.0. The van der Waals surface area contributed by atoms with Gasteiger partial charge in [-0.2, -0.15) is 9.29 Å². The van der Waals surface area contributed by atoms with Crippen LogP contribution in [0.15, 0.2) is 64.4 Å². The van der Waals surface area contributed by atoms with Gasteiger partial charge in [-0.1, -0.05) is 12.1 Å². The van der Waals surface area contributed by atoms with Gasteiger partial charge in [0.25, 0.3) is 5.91 Å². The van der Waals surface area contributed by atoms with E-state index in [0.29, 0.717) is 4.31 Å². The van der Waals surface area contributed by atoms with Crippen LogP contribution in [0.1, 0.15) is 26.3 Å². The maximum absolute atomic E-state index is 13.4. The van der Waals surface area contributed by atoms with Crippen LogP contribution in [0.3, 0.4) is 0 Å². The van der Waals surface area contributed by atoms with Crippen LogP contribution in [0.5, 0.6) is 11.8 Å². The van der Waals surface area contributed by atoms with Crippen molar-refractivity contribution in [1.29, 1.82) is 0 Å². The second-order valence-electron chi connectivity index (χ2n) is 7.25. The molecule has 4 rings (SSSR count). The van der Waals surface area contributed by atoms with Crippen LogP contribution in [-0.2, 0) is 19.9 Å². The quantitative estimate of drug-likeness (QED) is 0.402. The summed E-state index contributed by atoms with van der Waals surface area (Å²) in [5.41, 5.74) is -0.540. The molecule has 1 aliphatic rings. The second kappa shape index (κ2) is 8.22. The molecule has 1 aromatic heterocycles. The molecule has 2 aromatic carbocycles. The molecule has 0 fully saturated rings. The number of nitrogens with zero attached hydrogens (tertiary/aromatic N) is 2. The van der Waals surface area contributed by atoms with Crippen molar-refractivity contribution in [2.45, 2.75) is 9.79 Å². The third-order valence-electron chi connectivity index (χ3n) is 5.14. The lowest BCUT2D eigenvalue weighted by Crippen LogP contribution is -2.37. The highest BCUT2D eigenvalue weighted by atomic mass is 32.2. The molecular weight excluding hydrogens is 484 g/mol. The van der Waals surface area contributed by atoms with Gasteiger partial charge in [-0.3, -0.25) is 9.59 Å². The van der Waals surface area contributed by atoms with Crippen LogP contribution in [0.2, 0.25) is 0 Å². The first-order valence-corrected chi connectivity index (χ1v) is 13.0. The van der Waals surface area contributed by atoms with Crippen LogP contribution < -0.4 is 13.8 Å². The third-order valence-corrected chi connectivity index (χ3v) is 8.01. The summed E-state index contributed by atoms with van der Waals surface area (Å²) in [5.74, 6) is -1.65. The van der Waals surface area contributed by atoms with Crippen LogP contribution in [0.25, 0.3) is 0 Å². The van der Waals surface area contributed by atoms with Crippen molar-refractivity contribution >= 4 is 37.2 Å². The molecule has 0 bridgehead atoms. The SMILES string of the molecule is COc1ccc(N(C(=O)c2ccc3c(c2)S(=O)(=O)c2ccccc2C3=O)S(C)(=O)=O)c(OC)n1. The monoisotopic (exact) mass is 502 g/mol. The predicted molar refractivity (Wildman–Crippen MR) is 121 cm³/mol. The Morgan fingerprint density at radius 1 is 0.941 bits per heavy atom. The number of methoxy groups -OCH3 is 2. The summed E-state index contributed by atoms with van der Waals surface area (Å²) in [4.78, 5) is 29.7. The van der Waals surface area contributed by atoms with E-state index in [1.54, 1.807) is 6.07 Å². The van der Waals surface area contributed by atoms with Crippen LogP contribution in [0, 0.1) is 0 Å². The fourth-order valence-electron chi connectivity index (χ4n) is 3.61. The largest absolute Gasteiger partial charge is 0.481 e.